The molecule has 1 N–H and O–H groups in total. The number of nitrogens with zero attached hydrogens (tertiary/aromatic N) is 3. The smallest absolute Gasteiger partial charge is 0.254 e. The van der Waals surface area contributed by atoms with Crippen LogP contribution in [0.4, 0.5) is 0 Å². The summed E-state index contributed by atoms with van der Waals surface area (Å²) < 4.78 is 16.4. The first-order valence-electron chi connectivity index (χ1n) is 6.31. The first-order chi connectivity index (χ1) is 9.83. The van der Waals surface area contributed by atoms with Crippen molar-refractivity contribution in [3.63, 3.8) is 0 Å². The van der Waals surface area contributed by atoms with Crippen LogP contribution >= 0.6 is 11.7 Å². The summed E-state index contributed by atoms with van der Waals surface area (Å²) in [6.07, 6.45) is 3.97. The summed E-state index contributed by atoms with van der Waals surface area (Å²) in [6.45, 7) is 1.29. The molecule has 2 aromatic rings. The molecule has 0 amide bonds. The van der Waals surface area contributed by atoms with Crippen molar-refractivity contribution in [1.29, 1.82) is 0 Å². The molecule has 0 spiro atoms. The minimum Gasteiger partial charge on any atom is -0.471 e. The predicted molar refractivity (Wildman–Crippen MR) is 78.9 cm³/mol. The van der Waals surface area contributed by atoms with Crippen LogP contribution in [0.15, 0.2) is 36.5 Å². The molecule has 0 saturated carbocycles. The van der Waals surface area contributed by atoms with Crippen molar-refractivity contribution in [2.24, 2.45) is 0 Å². The Kier molecular flexibility index (Phi) is 3.73. The van der Waals surface area contributed by atoms with Crippen molar-refractivity contribution in [2.45, 2.75) is 6.61 Å². The average Bonchev–Trinajstić information content (AvgIpc) is 2.95. The zero-order valence-electron chi connectivity index (χ0n) is 11.1. The molecule has 2 heterocycles. The van der Waals surface area contributed by atoms with Gasteiger partial charge >= 0.3 is 0 Å². The first-order valence-corrected chi connectivity index (χ1v) is 7.04. The van der Waals surface area contributed by atoms with E-state index in [4.69, 9.17) is 4.74 Å². The van der Waals surface area contributed by atoms with E-state index in [1.165, 1.54) is 0 Å². The number of aromatic nitrogens is 2. The molecular formula is C14H15N4OS+. The van der Waals surface area contributed by atoms with Gasteiger partial charge in [-0.25, -0.2) is 4.58 Å². The highest BCUT2D eigenvalue weighted by Gasteiger charge is 2.18. The number of benzene rings is 1. The first kappa shape index (κ1) is 12.8. The number of allylic oxidation sites excluding steroid dienone is 1. The zero-order chi connectivity index (χ0) is 13.8. The van der Waals surface area contributed by atoms with E-state index < -0.39 is 0 Å². The van der Waals surface area contributed by atoms with E-state index in [1.807, 2.05) is 49.8 Å². The third-order valence-electron chi connectivity index (χ3n) is 2.91. The second-order valence-corrected chi connectivity index (χ2v) is 5.07. The summed E-state index contributed by atoms with van der Waals surface area (Å²) in [5.41, 5.74) is 2.88. The van der Waals surface area contributed by atoms with Gasteiger partial charge in [0.15, 0.2) is 11.9 Å². The number of nitrogens with one attached hydrogen (secondary N) is 1. The molecule has 3 rings (SSSR count). The molecule has 1 aromatic carbocycles. The Morgan fingerprint density at radius 2 is 2.15 bits per heavy atom. The monoisotopic (exact) mass is 287 g/mol. The summed E-state index contributed by atoms with van der Waals surface area (Å²) >= 11 is 1.16. The maximum Gasteiger partial charge on any atom is 0.254 e. The molecule has 1 aliphatic rings. The second-order valence-electron chi connectivity index (χ2n) is 4.54. The van der Waals surface area contributed by atoms with Crippen LogP contribution in [-0.4, -0.2) is 33.3 Å². The van der Waals surface area contributed by atoms with Gasteiger partial charge in [-0.3, -0.25) is 0 Å². The van der Waals surface area contributed by atoms with Crippen molar-refractivity contribution >= 4 is 23.5 Å². The SMILES string of the molecule is C[N+]1=CC(c2nsnc2OCc2ccccc2)=CNC1. The lowest BCUT2D eigenvalue weighted by molar-refractivity contribution is -0.496. The summed E-state index contributed by atoms with van der Waals surface area (Å²) in [4.78, 5) is 0. The van der Waals surface area contributed by atoms with Gasteiger partial charge in [0.25, 0.3) is 5.88 Å². The lowest BCUT2D eigenvalue weighted by atomic mass is 10.2. The molecule has 0 atom stereocenters. The quantitative estimate of drug-likeness (QED) is 0.870. The summed E-state index contributed by atoms with van der Waals surface area (Å²) in [5.74, 6) is 0.582. The number of hydrogen-bond acceptors (Lipinski definition) is 5. The Hall–Kier alpha value is -2.21. The van der Waals surface area contributed by atoms with E-state index in [1.54, 1.807) is 0 Å². The molecule has 0 fully saturated rings. The zero-order valence-corrected chi connectivity index (χ0v) is 11.9. The van der Waals surface area contributed by atoms with Crippen LogP contribution in [0.2, 0.25) is 0 Å². The number of hydrogen-bond donors (Lipinski definition) is 1. The summed E-state index contributed by atoms with van der Waals surface area (Å²) in [5, 5.41) is 3.19. The van der Waals surface area contributed by atoms with Crippen molar-refractivity contribution in [3.8, 4) is 5.88 Å². The van der Waals surface area contributed by atoms with E-state index in [0.29, 0.717) is 12.5 Å². The van der Waals surface area contributed by atoms with E-state index in [-0.39, 0.29) is 0 Å². The van der Waals surface area contributed by atoms with E-state index in [2.05, 4.69) is 18.6 Å². The Morgan fingerprint density at radius 3 is 2.95 bits per heavy atom. The minimum absolute atomic E-state index is 0.496. The van der Waals surface area contributed by atoms with Crippen molar-refractivity contribution in [1.82, 2.24) is 14.1 Å². The van der Waals surface area contributed by atoms with Crippen LogP contribution in [0, 0.1) is 0 Å². The molecule has 102 valence electrons. The highest BCUT2D eigenvalue weighted by molar-refractivity contribution is 6.99. The fourth-order valence-corrected chi connectivity index (χ4v) is 2.45. The van der Waals surface area contributed by atoms with Gasteiger partial charge in [-0.2, -0.15) is 4.37 Å². The normalized spacial score (nSPS) is 14.2. The summed E-state index contributed by atoms with van der Waals surface area (Å²) in [7, 11) is 2.00. The van der Waals surface area contributed by atoms with Crippen LogP contribution in [0.25, 0.3) is 5.57 Å². The number of ether oxygens (including phenoxy) is 1. The Balaban J connectivity index is 1.76. The molecule has 0 aliphatic carbocycles. The molecular weight excluding hydrogens is 272 g/mol. The van der Waals surface area contributed by atoms with Crippen LogP contribution in [-0.2, 0) is 6.61 Å². The van der Waals surface area contributed by atoms with Gasteiger partial charge in [0.2, 0.25) is 6.67 Å². The van der Waals surface area contributed by atoms with Crippen LogP contribution in [0.1, 0.15) is 11.3 Å². The van der Waals surface area contributed by atoms with Gasteiger partial charge in [0.05, 0.1) is 17.3 Å². The van der Waals surface area contributed by atoms with Crippen LogP contribution in [0.3, 0.4) is 0 Å². The summed E-state index contributed by atoms with van der Waals surface area (Å²) in [6, 6.07) is 10.0. The third kappa shape index (κ3) is 2.85. The largest absolute Gasteiger partial charge is 0.471 e. The molecule has 6 heteroatoms. The number of rotatable bonds is 4. The topological polar surface area (TPSA) is 50.0 Å². The van der Waals surface area contributed by atoms with E-state index in [9.17, 15) is 0 Å². The van der Waals surface area contributed by atoms with Crippen molar-refractivity contribution < 1.29 is 9.31 Å². The average molecular weight is 287 g/mol. The highest BCUT2D eigenvalue weighted by atomic mass is 32.1. The Morgan fingerprint density at radius 1 is 1.30 bits per heavy atom. The molecule has 0 bridgehead atoms. The molecule has 0 radical (unpaired) electrons. The van der Waals surface area contributed by atoms with Gasteiger partial charge in [-0.15, -0.1) is 4.37 Å². The fraction of sp³-hybridized carbons (Fsp3) is 0.214. The van der Waals surface area contributed by atoms with Gasteiger partial charge in [-0.05, 0) is 5.56 Å². The van der Waals surface area contributed by atoms with E-state index >= 15 is 0 Å². The Bertz CT molecular complexity index is 648. The Labute approximate surface area is 121 Å². The molecule has 0 unspecified atom stereocenters. The van der Waals surface area contributed by atoms with Crippen molar-refractivity contribution in [2.75, 3.05) is 13.7 Å². The molecule has 1 aliphatic heterocycles. The van der Waals surface area contributed by atoms with Gasteiger partial charge in [0.1, 0.15) is 13.7 Å². The second kappa shape index (κ2) is 5.83. The van der Waals surface area contributed by atoms with E-state index in [0.717, 1.165) is 35.2 Å². The maximum atomic E-state index is 5.78. The van der Waals surface area contributed by atoms with Gasteiger partial charge < -0.3 is 10.1 Å². The lowest BCUT2D eigenvalue weighted by Gasteiger charge is -2.08. The lowest BCUT2D eigenvalue weighted by Crippen LogP contribution is -2.25. The van der Waals surface area contributed by atoms with Crippen LogP contribution in [0.5, 0.6) is 5.88 Å². The predicted octanol–water partition coefficient (Wildman–Crippen LogP) is 1.73. The standard InChI is InChI=1S/C14H14N4OS/c1-18-8-12(7-15-10-18)13-14(17-20-16-13)19-9-11-5-3-2-4-6-11/h2-8H,9-10H2,1H3/p+1. The molecule has 1 aromatic heterocycles. The molecule has 0 saturated heterocycles. The minimum atomic E-state index is 0.496. The highest BCUT2D eigenvalue weighted by Crippen LogP contribution is 2.23. The van der Waals surface area contributed by atoms with Gasteiger partial charge in [-0.1, -0.05) is 30.3 Å². The fourth-order valence-electron chi connectivity index (χ4n) is 1.93. The van der Waals surface area contributed by atoms with Crippen molar-refractivity contribution in [3.05, 3.63) is 47.8 Å². The maximum absolute atomic E-state index is 5.78. The third-order valence-corrected chi connectivity index (χ3v) is 3.42. The van der Waals surface area contributed by atoms with Gasteiger partial charge in [0, 0.05) is 6.20 Å². The molecule has 5 nitrogen and oxygen atoms in total. The molecule has 20 heavy (non-hydrogen) atoms. The van der Waals surface area contributed by atoms with Crippen LogP contribution < -0.4 is 10.1 Å².